The topological polar surface area (TPSA) is 58.3 Å². The van der Waals surface area contributed by atoms with Crippen LogP contribution in [-0.2, 0) is 0 Å². The molecule has 0 heterocycles. The van der Waals surface area contributed by atoms with Gasteiger partial charge in [0.2, 0.25) is 0 Å². The molecule has 0 unspecified atom stereocenters. The highest BCUT2D eigenvalue weighted by molar-refractivity contribution is 6.31. The summed E-state index contributed by atoms with van der Waals surface area (Å²) in [6, 6.07) is 5.90. The summed E-state index contributed by atoms with van der Waals surface area (Å²) in [7, 11) is 0. The Labute approximate surface area is 101 Å². The van der Waals surface area contributed by atoms with Crippen LogP contribution < -0.4 is 11.1 Å². The molecule has 0 bridgehead atoms. The zero-order chi connectivity index (χ0) is 11.5. The average molecular weight is 241 g/mol. The number of nitrogens with two attached hydrogens (primary N) is 1. The van der Waals surface area contributed by atoms with Crippen LogP contribution in [0.1, 0.15) is 25.7 Å². The second-order valence-electron chi connectivity index (χ2n) is 4.38. The van der Waals surface area contributed by atoms with Crippen LogP contribution in [0, 0.1) is 0 Å². The van der Waals surface area contributed by atoms with Crippen molar-refractivity contribution < 1.29 is 5.11 Å². The van der Waals surface area contributed by atoms with Gasteiger partial charge in [0.05, 0.1) is 17.5 Å². The van der Waals surface area contributed by atoms with Crippen molar-refractivity contribution in [2.75, 3.05) is 11.1 Å². The molecular weight excluding hydrogens is 224 g/mol. The molecule has 1 saturated carbocycles. The monoisotopic (exact) mass is 240 g/mol. The Balaban J connectivity index is 1.98. The number of nitrogens with one attached hydrogen (secondary N) is 1. The molecule has 16 heavy (non-hydrogen) atoms. The molecule has 3 nitrogen and oxygen atoms in total. The summed E-state index contributed by atoms with van der Waals surface area (Å²) >= 11 is 5.84. The van der Waals surface area contributed by atoms with Gasteiger partial charge in [0.25, 0.3) is 0 Å². The summed E-state index contributed by atoms with van der Waals surface area (Å²) in [5.41, 5.74) is 7.48. The van der Waals surface area contributed by atoms with E-state index in [1.54, 1.807) is 6.07 Å². The van der Waals surface area contributed by atoms with Crippen molar-refractivity contribution in [3.63, 3.8) is 0 Å². The number of hydrogen-bond donors (Lipinski definition) is 3. The predicted octanol–water partition coefficient (Wildman–Crippen LogP) is 2.64. The van der Waals surface area contributed by atoms with Gasteiger partial charge in [-0.2, -0.15) is 0 Å². The number of aliphatic hydroxyl groups excluding tert-OH is 1. The summed E-state index contributed by atoms with van der Waals surface area (Å²) in [6.45, 7) is 0. The van der Waals surface area contributed by atoms with E-state index in [2.05, 4.69) is 5.32 Å². The van der Waals surface area contributed by atoms with E-state index in [0.29, 0.717) is 16.8 Å². The van der Waals surface area contributed by atoms with Gasteiger partial charge in [-0.1, -0.05) is 11.6 Å². The lowest BCUT2D eigenvalue weighted by Gasteiger charge is -2.27. The second kappa shape index (κ2) is 4.93. The molecule has 0 amide bonds. The Kier molecular flexibility index (Phi) is 3.56. The normalized spacial score (nSPS) is 25.4. The highest BCUT2D eigenvalue weighted by atomic mass is 35.5. The smallest absolute Gasteiger partial charge is 0.0577 e. The van der Waals surface area contributed by atoms with Crippen LogP contribution in [0.15, 0.2) is 18.2 Å². The van der Waals surface area contributed by atoms with Gasteiger partial charge in [0.1, 0.15) is 0 Å². The van der Waals surface area contributed by atoms with Gasteiger partial charge in [-0.15, -0.1) is 0 Å². The van der Waals surface area contributed by atoms with Crippen LogP contribution in [0.25, 0.3) is 0 Å². The summed E-state index contributed by atoms with van der Waals surface area (Å²) in [4.78, 5) is 0. The highest BCUT2D eigenvalue weighted by Crippen LogP contribution is 2.27. The molecule has 0 aromatic heterocycles. The van der Waals surface area contributed by atoms with Crippen LogP contribution in [0.5, 0.6) is 0 Å². The minimum atomic E-state index is -0.124. The minimum absolute atomic E-state index is 0.124. The molecule has 1 aliphatic rings. The van der Waals surface area contributed by atoms with Gasteiger partial charge in [0.15, 0.2) is 0 Å². The maximum absolute atomic E-state index is 9.41. The third kappa shape index (κ3) is 2.80. The standard InChI is InChI=1S/C12H17ClN2O/c13-8-1-6-12(11(14)7-8)15-9-2-4-10(16)5-3-9/h1,6-7,9-10,15-16H,2-5,14H2/t9-,10-. The number of halogens is 1. The van der Waals surface area contributed by atoms with Crippen molar-refractivity contribution in [3.05, 3.63) is 23.2 Å². The van der Waals surface area contributed by atoms with E-state index in [1.807, 2.05) is 12.1 Å². The predicted molar refractivity (Wildman–Crippen MR) is 67.7 cm³/mol. The van der Waals surface area contributed by atoms with Gasteiger partial charge in [-0.3, -0.25) is 0 Å². The largest absolute Gasteiger partial charge is 0.397 e. The summed E-state index contributed by atoms with van der Waals surface area (Å²) < 4.78 is 0. The van der Waals surface area contributed by atoms with Gasteiger partial charge in [-0.25, -0.2) is 0 Å². The van der Waals surface area contributed by atoms with Crippen LogP contribution in [-0.4, -0.2) is 17.3 Å². The molecule has 0 radical (unpaired) electrons. The van der Waals surface area contributed by atoms with E-state index in [9.17, 15) is 5.11 Å². The minimum Gasteiger partial charge on any atom is -0.397 e. The first-order valence-electron chi connectivity index (χ1n) is 5.65. The van der Waals surface area contributed by atoms with Crippen LogP contribution in [0.4, 0.5) is 11.4 Å². The van der Waals surface area contributed by atoms with E-state index >= 15 is 0 Å². The molecule has 0 atom stereocenters. The molecule has 88 valence electrons. The van der Waals surface area contributed by atoms with Crippen molar-refractivity contribution in [3.8, 4) is 0 Å². The fourth-order valence-electron chi connectivity index (χ4n) is 2.11. The van der Waals surface area contributed by atoms with Crippen LogP contribution >= 0.6 is 11.6 Å². The number of rotatable bonds is 2. The number of aliphatic hydroxyl groups is 1. The van der Waals surface area contributed by atoms with E-state index in [4.69, 9.17) is 17.3 Å². The fourth-order valence-corrected chi connectivity index (χ4v) is 2.29. The van der Waals surface area contributed by atoms with Gasteiger partial charge >= 0.3 is 0 Å². The van der Waals surface area contributed by atoms with Crippen molar-refractivity contribution in [1.82, 2.24) is 0 Å². The quantitative estimate of drug-likeness (QED) is 0.697. The molecule has 0 spiro atoms. The molecule has 0 aliphatic heterocycles. The molecule has 4 N–H and O–H groups in total. The van der Waals surface area contributed by atoms with Gasteiger partial charge in [-0.05, 0) is 43.9 Å². The number of benzene rings is 1. The maximum atomic E-state index is 9.41. The van der Waals surface area contributed by atoms with Crippen LogP contribution in [0.2, 0.25) is 5.02 Å². The van der Waals surface area contributed by atoms with E-state index in [0.717, 1.165) is 31.4 Å². The molecule has 1 aromatic rings. The summed E-state index contributed by atoms with van der Waals surface area (Å²) in [6.07, 6.45) is 3.59. The molecule has 1 fully saturated rings. The lowest BCUT2D eigenvalue weighted by molar-refractivity contribution is 0.126. The number of nitrogen functional groups attached to an aromatic ring is 1. The highest BCUT2D eigenvalue weighted by Gasteiger charge is 2.19. The first-order chi connectivity index (χ1) is 7.65. The van der Waals surface area contributed by atoms with Crippen molar-refractivity contribution >= 4 is 23.0 Å². The molecule has 1 aromatic carbocycles. The second-order valence-corrected chi connectivity index (χ2v) is 4.82. The SMILES string of the molecule is Nc1cc(Cl)ccc1N[C@H]1CC[C@H](O)CC1. The van der Waals surface area contributed by atoms with E-state index in [1.165, 1.54) is 0 Å². The zero-order valence-corrected chi connectivity index (χ0v) is 9.87. The van der Waals surface area contributed by atoms with Crippen molar-refractivity contribution in [1.29, 1.82) is 0 Å². The Morgan fingerprint density at radius 1 is 1.25 bits per heavy atom. The number of hydrogen-bond acceptors (Lipinski definition) is 3. The molecular formula is C12H17ClN2O. The average Bonchev–Trinajstić information content (AvgIpc) is 2.25. The maximum Gasteiger partial charge on any atom is 0.0577 e. The third-order valence-electron chi connectivity index (χ3n) is 3.07. The zero-order valence-electron chi connectivity index (χ0n) is 9.12. The molecule has 1 aliphatic carbocycles. The van der Waals surface area contributed by atoms with Gasteiger partial charge in [0, 0.05) is 11.1 Å². The van der Waals surface area contributed by atoms with E-state index < -0.39 is 0 Å². The first kappa shape index (κ1) is 11.6. The Morgan fingerprint density at radius 3 is 2.56 bits per heavy atom. The first-order valence-corrected chi connectivity index (χ1v) is 6.02. The molecule has 2 rings (SSSR count). The van der Waals surface area contributed by atoms with Crippen LogP contribution in [0.3, 0.4) is 0 Å². The third-order valence-corrected chi connectivity index (χ3v) is 3.31. The fraction of sp³-hybridized carbons (Fsp3) is 0.500. The Bertz CT molecular complexity index is 362. The Hall–Kier alpha value is -0.930. The molecule has 0 saturated heterocycles. The summed E-state index contributed by atoms with van der Waals surface area (Å²) in [5, 5.41) is 13.5. The van der Waals surface area contributed by atoms with Gasteiger partial charge < -0.3 is 16.2 Å². The Morgan fingerprint density at radius 2 is 1.94 bits per heavy atom. The van der Waals surface area contributed by atoms with Crippen molar-refractivity contribution in [2.45, 2.75) is 37.8 Å². The number of anilines is 2. The molecule has 4 heteroatoms. The summed E-state index contributed by atoms with van der Waals surface area (Å²) in [5.74, 6) is 0. The lowest BCUT2D eigenvalue weighted by Crippen LogP contribution is -2.28. The van der Waals surface area contributed by atoms with Crippen molar-refractivity contribution in [2.24, 2.45) is 0 Å². The van der Waals surface area contributed by atoms with E-state index in [-0.39, 0.29) is 6.10 Å². The lowest BCUT2D eigenvalue weighted by atomic mass is 9.93.